The van der Waals surface area contributed by atoms with Crippen LogP contribution in [0.15, 0.2) is 28.8 Å². The zero-order chi connectivity index (χ0) is 15.8. The summed E-state index contributed by atoms with van der Waals surface area (Å²) in [6.07, 6.45) is 3.88. The molecular formula is C17H20FN3O2. The first-order valence-electron chi connectivity index (χ1n) is 8.19. The summed E-state index contributed by atoms with van der Waals surface area (Å²) >= 11 is 0. The average Bonchev–Trinajstić information content (AvgIpc) is 3.46. The second-order valence-corrected chi connectivity index (χ2v) is 6.55. The first-order chi connectivity index (χ1) is 11.2. The number of rotatable bonds is 7. The Kier molecular flexibility index (Phi) is 3.87. The van der Waals surface area contributed by atoms with E-state index in [4.69, 9.17) is 4.52 Å². The zero-order valence-corrected chi connectivity index (χ0v) is 12.9. The number of nitrogens with zero attached hydrogens (tertiary/aromatic N) is 3. The fourth-order valence-corrected chi connectivity index (χ4v) is 2.80. The van der Waals surface area contributed by atoms with Gasteiger partial charge in [0.05, 0.1) is 12.6 Å². The lowest BCUT2D eigenvalue weighted by atomic mass is 10.1. The Hall–Kier alpha value is -1.79. The zero-order valence-electron chi connectivity index (χ0n) is 12.9. The summed E-state index contributed by atoms with van der Waals surface area (Å²) in [6.45, 7) is 1.07. The molecule has 1 unspecified atom stereocenters. The second kappa shape index (κ2) is 6.02. The van der Waals surface area contributed by atoms with E-state index in [2.05, 4.69) is 15.0 Å². The Morgan fingerprint density at radius 3 is 2.61 bits per heavy atom. The Morgan fingerprint density at radius 2 is 1.96 bits per heavy atom. The second-order valence-electron chi connectivity index (χ2n) is 6.55. The molecule has 0 aliphatic heterocycles. The molecule has 0 amide bonds. The van der Waals surface area contributed by atoms with E-state index in [1.165, 1.54) is 12.1 Å². The van der Waals surface area contributed by atoms with Crippen molar-refractivity contribution in [3.05, 3.63) is 47.4 Å². The number of aromatic nitrogens is 2. The van der Waals surface area contributed by atoms with Crippen LogP contribution in [0.2, 0.25) is 0 Å². The number of halogens is 1. The van der Waals surface area contributed by atoms with Gasteiger partial charge in [0.1, 0.15) is 5.82 Å². The van der Waals surface area contributed by atoms with Crippen LogP contribution in [-0.2, 0) is 6.54 Å². The number of aliphatic hydroxyl groups excluding tert-OH is 1. The van der Waals surface area contributed by atoms with Crippen LogP contribution in [-0.4, -0.2) is 32.7 Å². The molecule has 1 heterocycles. The maximum Gasteiger partial charge on any atom is 0.229 e. The van der Waals surface area contributed by atoms with Crippen molar-refractivity contribution in [1.82, 2.24) is 15.0 Å². The van der Waals surface area contributed by atoms with Crippen LogP contribution in [0, 0.1) is 5.82 Å². The largest absolute Gasteiger partial charge is 0.387 e. The molecular weight excluding hydrogens is 297 g/mol. The standard InChI is InChI=1S/C17H20FN3O2/c18-13-5-3-11(4-6-13)15(22)9-21(14-7-8-14)10-16-19-17(23-20-16)12-1-2-12/h3-6,12,14-15,22H,1-2,7-10H2. The monoisotopic (exact) mass is 317 g/mol. The van der Waals surface area contributed by atoms with Crippen LogP contribution < -0.4 is 0 Å². The maximum absolute atomic E-state index is 13.0. The van der Waals surface area contributed by atoms with E-state index in [1.807, 2.05) is 0 Å². The summed E-state index contributed by atoms with van der Waals surface area (Å²) in [6, 6.07) is 6.48. The SMILES string of the molecule is OC(CN(Cc1noc(C2CC2)n1)C1CC1)c1ccc(F)cc1. The molecule has 2 aliphatic carbocycles. The predicted octanol–water partition coefficient (Wildman–Crippen LogP) is 2.78. The molecule has 23 heavy (non-hydrogen) atoms. The van der Waals surface area contributed by atoms with Gasteiger partial charge in [-0.15, -0.1) is 0 Å². The highest BCUT2D eigenvalue weighted by atomic mass is 19.1. The minimum atomic E-state index is -0.647. The van der Waals surface area contributed by atoms with Crippen molar-refractivity contribution in [2.45, 2.75) is 50.3 Å². The molecule has 1 aromatic heterocycles. The van der Waals surface area contributed by atoms with E-state index in [0.29, 0.717) is 30.9 Å². The quantitative estimate of drug-likeness (QED) is 0.851. The molecule has 2 fully saturated rings. The molecule has 122 valence electrons. The lowest BCUT2D eigenvalue weighted by Gasteiger charge is -2.23. The smallest absolute Gasteiger partial charge is 0.229 e. The molecule has 2 saturated carbocycles. The van der Waals surface area contributed by atoms with Gasteiger partial charge in [-0.1, -0.05) is 17.3 Å². The number of hydrogen-bond acceptors (Lipinski definition) is 5. The predicted molar refractivity (Wildman–Crippen MR) is 81.1 cm³/mol. The highest BCUT2D eigenvalue weighted by Crippen LogP contribution is 2.39. The fraction of sp³-hybridized carbons (Fsp3) is 0.529. The molecule has 1 N–H and O–H groups in total. The van der Waals surface area contributed by atoms with E-state index < -0.39 is 6.10 Å². The third-order valence-corrected chi connectivity index (χ3v) is 4.48. The van der Waals surface area contributed by atoms with E-state index >= 15 is 0 Å². The molecule has 0 radical (unpaired) electrons. The summed E-state index contributed by atoms with van der Waals surface area (Å²) in [5.41, 5.74) is 0.726. The average molecular weight is 317 g/mol. The van der Waals surface area contributed by atoms with Gasteiger partial charge < -0.3 is 9.63 Å². The lowest BCUT2D eigenvalue weighted by Crippen LogP contribution is -2.30. The van der Waals surface area contributed by atoms with Crippen LogP contribution in [0.4, 0.5) is 4.39 Å². The normalized spacial score (nSPS) is 19.3. The fourth-order valence-electron chi connectivity index (χ4n) is 2.80. The van der Waals surface area contributed by atoms with Crippen LogP contribution in [0.5, 0.6) is 0 Å². The Balaban J connectivity index is 1.41. The summed E-state index contributed by atoms with van der Waals surface area (Å²) < 4.78 is 18.3. The molecule has 0 bridgehead atoms. The molecule has 0 saturated heterocycles. The Bertz CT molecular complexity index is 665. The third-order valence-electron chi connectivity index (χ3n) is 4.48. The van der Waals surface area contributed by atoms with Gasteiger partial charge in [-0.2, -0.15) is 4.98 Å². The Morgan fingerprint density at radius 1 is 1.22 bits per heavy atom. The van der Waals surface area contributed by atoms with E-state index in [0.717, 1.165) is 37.1 Å². The van der Waals surface area contributed by atoms with Crippen molar-refractivity contribution >= 4 is 0 Å². The van der Waals surface area contributed by atoms with Gasteiger partial charge in [0, 0.05) is 18.5 Å². The molecule has 0 spiro atoms. The number of aliphatic hydroxyl groups is 1. The summed E-state index contributed by atoms with van der Waals surface area (Å²) in [5.74, 6) is 1.59. The van der Waals surface area contributed by atoms with Gasteiger partial charge >= 0.3 is 0 Å². The van der Waals surface area contributed by atoms with Gasteiger partial charge in [0.25, 0.3) is 0 Å². The van der Waals surface area contributed by atoms with Crippen molar-refractivity contribution in [2.24, 2.45) is 0 Å². The van der Waals surface area contributed by atoms with Gasteiger partial charge in [0.15, 0.2) is 5.82 Å². The molecule has 1 aromatic carbocycles. The highest BCUT2D eigenvalue weighted by Gasteiger charge is 2.33. The molecule has 2 aliphatic rings. The van der Waals surface area contributed by atoms with Crippen LogP contribution in [0.25, 0.3) is 0 Å². The van der Waals surface area contributed by atoms with Crippen molar-refractivity contribution < 1.29 is 14.0 Å². The van der Waals surface area contributed by atoms with Crippen LogP contribution in [0.1, 0.15) is 55.0 Å². The van der Waals surface area contributed by atoms with Crippen LogP contribution in [0.3, 0.4) is 0 Å². The minimum absolute atomic E-state index is 0.292. The first-order valence-corrected chi connectivity index (χ1v) is 8.19. The number of benzene rings is 1. The minimum Gasteiger partial charge on any atom is -0.387 e. The molecule has 1 atom stereocenters. The summed E-state index contributed by atoms with van der Waals surface area (Å²) in [7, 11) is 0. The lowest BCUT2D eigenvalue weighted by molar-refractivity contribution is 0.102. The van der Waals surface area contributed by atoms with E-state index in [9.17, 15) is 9.50 Å². The van der Waals surface area contributed by atoms with Gasteiger partial charge in [-0.3, -0.25) is 4.90 Å². The van der Waals surface area contributed by atoms with E-state index in [-0.39, 0.29) is 5.82 Å². The van der Waals surface area contributed by atoms with Crippen molar-refractivity contribution in [3.63, 3.8) is 0 Å². The van der Waals surface area contributed by atoms with E-state index in [1.54, 1.807) is 12.1 Å². The molecule has 2 aromatic rings. The van der Waals surface area contributed by atoms with Gasteiger partial charge in [-0.25, -0.2) is 4.39 Å². The Labute approximate surface area is 134 Å². The summed E-state index contributed by atoms with van der Waals surface area (Å²) in [5, 5.41) is 14.5. The van der Waals surface area contributed by atoms with Crippen molar-refractivity contribution in [2.75, 3.05) is 6.54 Å². The van der Waals surface area contributed by atoms with Gasteiger partial charge in [-0.05, 0) is 43.4 Å². The first kappa shape index (κ1) is 14.8. The van der Waals surface area contributed by atoms with Crippen LogP contribution >= 0.6 is 0 Å². The maximum atomic E-state index is 13.0. The molecule has 4 rings (SSSR count). The molecule has 6 heteroatoms. The molecule has 5 nitrogen and oxygen atoms in total. The summed E-state index contributed by atoms with van der Waals surface area (Å²) in [4.78, 5) is 6.65. The highest BCUT2D eigenvalue weighted by molar-refractivity contribution is 5.19. The topological polar surface area (TPSA) is 62.4 Å². The van der Waals surface area contributed by atoms with Crippen molar-refractivity contribution in [1.29, 1.82) is 0 Å². The van der Waals surface area contributed by atoms with Gasteiger partial charge in [0.2, 0.25) is 5.89 Å². The van der Waals surface area contributed by atoms with Crippen molar-refractivity contribution in [3.8, 4) is 0 Å². The number of hydrogen-bond donors (Lipinski definition) is 1. The third kappa shape index (κ3) is 3.59.